The Morgan fingerprint density at radius 2 is 1.88 bits per heavy atom. The highest BCUT2D eigenvalue weighted by Gasteiger charge is 2.19. The number of rotatable bonds is 5. The van der Waals surface area contributed by atoms with Crippen molar-refractivity contribution in [3.63, 3.8) is 0 Å². The molecule has 1 aromatic heterocycles. The molecule has 0 saturated heterocycles. The molecule has 0 unspecified atom stereocenters. The second kappa shape index (κ2) is 7.06. The number of fused-ring (bicyclic) bond motifs is 1. The van der Waals surface area contributed by atoms with Crippen molar-refractivity contribution in [2.45, 2.75) is 6.92 Å². The molecule has 0 fully saturated rings. The standard InChI is InChI=1S/C18H15N3O5/c1-2-26-15-10-7-11-5-3-4-6-12(11)13(15)8-9-14-16(21(24)25)17(22)20-18(23)19-14/h3-10H,2H2,1H3,(H2,19,20,22,23)/b9-8-. The van der Waals surface area contributed by atoms with Gasteiger partial charge in [-0.2, -0.15) is 0 Å². The third kappa shape index (κ3) is 3.25. The minimum atomic E-state index is -1.05. The van der Waals surface area contributed by atoms with Gasteiger partial charge in [-0.05, 0) is 35.9 Å². The predicted molar refractivity (Wildman–Crippen MR) is 98.4 cm³/mol. The lowest BCUT2D eigenvalue weighted by atomic mass is 10.0. The fourth-order valence-electron chi connectivity index (χ4n) is 2.69. The Labute approximate surface area is 146 Å². The molecule has 3 rings (SSSR count). The zero-order valence-electron chi connectivity index (χ0n) is 13.8. The summed E-state index contributed by atoms with van der Waals surface area (Å²) in [5, 5.41) is 13.0. The van der Waals surface area contributed by atoms with Crippen molar-refractivity contribution in [3.8, 4) is 5.75 Å². The molecule has 0 aliphatic carbocycles. The van der Waals surface area contributed by atoms with Crippen LogP contribution >= 0.6 is 0 Å². The molecule has 0 aliphatic rings. The van der Waals surface area contributed by atoms with Crippen molar-refractivity contribution in [2.75, 3.05) is 6.61 Å². The van der Waals surface area contributed by atoms with E-state index in [0.717, 1.165) is 10.8 Å². The number of hydrogen-bond acceptors (Lipinski definition) is 5. The molecule has 8 nitrogen and oxygen atoms in total. The molecule has 0 aliphatic heterocycles. The third-order valence-electron chi connectivity index (χ3n) is 3.78. The zero-order valence-corrected chi connectivity index (χ0v) is 13.8. The van der Waals surface area contributed by atoms with Crippen LogP contribution in [0.15, 0.2) is 46.0 Å². The first-order valence-corrected chi connectivity index (χ1v) is 7.85. The van der Waals surface area contributed by atoms with Gasteiger partial charge in [0.05, 0.1) is 11.5 Å². The van der Waals surface area contributed by atoms with Crippen LogP contribution in [0.1, 0.15) is 18.2 Å². The maximum absolute atomic E-state index is 11.7. The van der Waals surface area contributed by atoms with Crippen molar-refractivity contribution in [3.05, 3.63) is 78.6 Å². The second-order valence-corrected chi connectivity index (χ2v) is 5.39. The second-order valence-electron chi connectivity index (χ2n) is 5.39. The van der Waals surface area contributed by atoms with Crippen molar-refractivity contribution in [1.29, 1.82) is 0 Å². The number of nitrogens with one attached hydrogen (secondary N) is 2. The number of nitro groups is 1. The number of aromatic nitrogens is 2. The van der Waals surface area contributed by atoms with Crippen LogP contribution in [0.4, 0.5) is 5.69 Å². The highest BCUT2D eigenvalue weighted by molar-refractivity contribution is 5.95. The molecule has 8 heteroatoms. The van der Waals surface area contributed by atoms with Crippen LogP contribution in [-0.4, -0.2) is 21.5 Å². The van der Waals surface area contributed by atoms with Crippen molar-refractivity contribution >= 4 is 28.6 Å². The molecular weight excluding hydrogens is 338 g/mol. The largest absolute Gasteiger partial charge is 0.493 e. The number of aromatic amines is 2. The lowest BCUT2D eigenvalue weighted by molar-refractivity contribution is -0.386. The molecule has 26 heavy (non-hydrogen) atoms. The molecule has 0 spiro atoms. The molecule has 0 amide bonds. The Kier molecular flexibility index (Phi) is 4.66. The Bertz CT molecular complexity index is 1130. The minimum absolute atomic E-state index is 0.181. The molecule has 0 bridgehead atoms. The van der Waals surface area contributed by atoms with Crippen LogP contribution < -0.4 is 16.0 Å². The van der Waals surface area contributed by atoms with Crippen molar-refractivity contribution in [1.82, 2.24) is 9.97 Å². The van der Waals surface area contributed by atoms with Gasteiger partial charge in [-0.3, -0.25) is 19.9 Å². The first-order chi connectivity index (χ1) is 12.5. The van der Waals surface area contributed by atoms with E-state index in [2.05, 4.69) is 4.98 Å². The number of H-pyrrole nitrogens is 2. The Morgan fingerprint density at radius 3 is 2.62 bits per heavy atom. The summed E-state index contributed by atoms with van der Waals surface area (Å²) in [5.74, 6) is 0.595. The van der Waals surface area contributed by atoms with Crippen molar-refractivity contribution < 1.29 is 9.66 Å². The highest BCUT2D eigenvalue weighted by Crippen LogP contribution is 2.30. The van der Waals surface area contributed by atoms with Crippen LogP contribution in [0.2, 0.25) is 0 Å². The van der Waals surface area contributed by atoms with Gasteiger partial charge in [-0.25, -0.2) is 4.79 Å². The van der Waals surface area contributed by atoms with Crippen LogP contribution in [0.5, 0.6) is 5.75 Å². The minimum Gasteiger partial charge on any atom is -0.493 e. The summed E-state index contributed by atoms with van der Waals surface area (Å²) in [6.07, 6.45) is 2.92. The van der Waals surface area contributed by atoms with E-state index in [0.29, 0.717) is 17.9 Å². The third-order valence-corrected chi connectivity index (χ3v) is 3.78. The maximum Gasteiger partial charge on any atom is 0.357 e. The zero-order chi connectivity index (χ0) is 18.7. The average molecular weight is 353 g/mol. The molecule has 2 aromatic carbocycles. The monoisotopic (exact) mass is 353 g/mol. The average Bonchev–Trinajstić information content (AvgIpc) is 2.60. The van der Waals surface area contributed by atoms with E-state index in [9.17, 15) is 19.7 Å². The molecule has 132 valence electrons. The lowest BCUT2D eigenvalue weighted by Crippen LogP contribution is -2.25. The normalized spacial score (nSPS) is 11.1. The fraction of sp³-hybridized carbons (Fsp3) is 0.111. The van der Waals surface area contributed by atoms with E-state index in [4.69, 9.17) is 4.74 Å². The molecule has 0 saturated carbocycles. The van der Waals surface area contributed by atoms with Gasteiger partial charge in [0.1, 0.15) is 11.4 Å². The number of hydrogen-bond donors (Lipinski definition) is 2. The van der Waals surface area contributed by atoms with Gasteiger partial charge in [-0.1, -0.05) is 30.3 Å². The summed E-state index contributed by atoms with van der Waals surface area (Å²) < 4.78 is 5.63. The number of ether oxygens (including phenoxy) is 1. The van der Waals surface area contributed by atoms with Crippen LogP contribution in [-0.2, 0) is 0 Å². The number of nitrogens with zero attached hydrogens (tertiary/aromatic N) is 1. The van der Waals surface area contributed by atoms with Gasteiger partial charge in [0.2, 0.25) is 0 Å². The van der Waals surface area contributed by atoms with Crippen LogP contribution in [0.25, 0.3) is 22.9 Å². The summed E-state index contributed by atoms with van der Waals surface area (Å²) >= 11 is 0. The number of benzene rings is 2. The summed E-state index contributed by atoms with van der Waals surface area (Å²) in [6, 6.07) is 11.3. The van der Waals surface area contributed by atoms with Gasteiger partial charge < -0.3 is 9.72 Å². The first-order valence-electron chi connectivity index (χ1n) is 7.85. The van der Waals surface area contributed by atoms with Crippen molar-refractivity contribution in [2.24, 2.45) is 0 Å². The van der Waals surface area contributed by atoms with E-state index < -0.39 is 21.9 Å². The molecule has 1 heterocycles. The molecular formula is C18H15N3O5. The van der Waals surface area contributed by atoms with Crippen LogP contribution in [0, 0.1) is 10.1 Å². The topological polar surface area (TPSA) is 118 Å². The fourth-order valence-corrected chi connectivity index (χ4v) is 2.69. The quantitative estimate of drug-likeness (QED) is 0.540. The van der Waals surface area contributed by atoms with E-state index in [-0.39, 0.29) is 5.69 Å². The van der Waals surface area contributed by atoms with E-state index in [1.165, 1.54) is 6.08 Å². The van der Waals surface area contributed by atoms with Gasteiger partial charge in [0.25, 0.3) is 0 Å². The van der Waals surface area contributed by atoms with E-state index >= 15 is 0 Å². The van der Waals surface area contributed by atoms with Gasteiger partial charge in [0.15, 0.2) is 0 Å². The summed E-state index contributed by atoms with van der Waals surface area (Å²) in [7, 11) is 0. The van der Waals surface area contributed by atoms with E-state index in [1.54, 1.807) is 12.1 Å². The Hall–Kier alpha value is -3.68. The smallest absolute Gasteiger partial charge is 0.357 e. The maximum atomic E-state index is 11.7. The summed E-state index contributed by atoms with van der Waals surface area (Å²) in [6.45, 7) is 2.29. The van der Waals surface area contributed by atoms with Gasteiger partial charge in [-0.15, -0.1) is 0 Å². The highest BCUT2D eigenvalue weighted by atomic mass is 16.6. The predicted octanol–water partition coefficient (Wildman–Crippen LogP) is 2.69. The van der Waals surface area contributed by atoms with Gasteiger partial charge >= 0.3 is 16.9 Å². The van der Waals surface area contributed by atoms with E-state index in [1.807, 2.05) is 42.2 Å². The molecule has 0 atom stereocenters. The Balaban J connectivity index is 2.21. The van der Waals surface area contributed by atoms with Crippen LogP contribution in [0.3, 0.4) is 0 Å². The lowest BCUT2D eigenvalue weighted by Gasteiger charge is -2.10. The van der Waals surface area contributed by atoms with Gasteiger partial charge in [0, 0.05) is 5.56 Å². The Morgan fingerprint density at radius 1 is 1.12 bits per heavy atom. The first kappa shape index (κ1) is 17.2. The molecule has 3 aromatic rings. The SMILES string of the molecule is CCOc1ccc2ccccc2c1/C=C\c1[nH]c(=O)[nH]c(=O)c1[N+](=O)[O-]. The summed E-state index contributed by atoms with van der Waals surface area (Å²) in [5.41, 5.74) is -2.08. The summed E-state index contributed by atoms with van der Waals surface area (Å²) in [4.78, 5) is 37.7. The molecule has 2 N–H and O–H groups in total. The molecule has 0 radical (unpaired) electrons.